The topological polar surface area (TPSA) is 111 Å². The second-order valence-electron chi connectivity index (χ2n) is 3.96. The Morgan fingerprint density at radius 2 is 2.20 bits per heavy atom. The fourth-order valence-electron chi connectivity index (χ4n) is 1.52. The third kappa shape index (κ3) is 3.82. The number of aromatic nitrogens is 3. The molecule has 0 spiro atoms. The number of rotatable bonds is 6. The Balaban J connectivity index is 1.74. The monoisotopic (exact) mass is 291 g/mol. The second kappa shape index (κ2) is 6.71. The molecule has 3 N–H and O–H groups in total. The quantitative estimate of drug-likeness (QED) is 0.454. The van der Waals surface area contributed by atoms with Gasteiger partial charge in [0.1, 0.15) is 5.01 Å². The van der Waals surface area contributed by atoms with Gasteiger partial charge in [-0.15, -0.1) is 10.2 Å². The lowest BCUT2D eigenvalue weighted by Gasteiger charge is -2.03. The van der Waals surface area contributed by atoms with Gasteiger partial charge in [-0.1, -0.05) is 11.3 Å². The molecule has 2 rings (SSSR count). The first-order chi connectivity index (χ1) is 9.66. The van der Waals surface area contributed by atoms with Crippen LogP contribution in [0.15, 0.2) is 24.5 Å². The average Bonchev–Trinajstić information content (AvgIpc) is 2.89. The fourth-order valence-corrected chi connectivity index (χ4v) is 2.17. The number of nitrogens with two attached hydrogens (primary N) is 1. The highest BCUT2D eigenvalue weighted by atomic mass is 32.1. The number of aryl methyl sites for hydroxylation is 1. The highest BCUT2D eigenvalue weighted by Gasteiger charge is 2.15. The number of Topliss-reactive ketones (excluding diaryl/α,β-unsaturated/α-hetero) is 1. The van der Waals surface area contributed by atoms with E-state index in [9.17, 15) is 9.59 Å². The summed E-state index contributed by atoms with van der Waals surface area (Å²) in [6.45, 7) is 0.393. The zero-order valence-corrected chi connectivity index (χ0v) is 11.4. The molecular weight excluding hydrogens is 278 g/mol. The standard InChI is InChI=1S/C12H13N5O2S/c13-12-17-16-9(20-12)4-2-6-15-11(19)10(18)8-3-1-5-14-7-8/h1,3,5,7H,2,4,6H2,(H2,13,17)(H,15,19). The van der Waals surface area contributed by atoms with Crippen LogP contribution in [0.1, 0.15) is 21.8 Å². The molecule has 0 aliphatic carbocycles. The number of pyridine rings is 1. The van der Waals surface area contributed by atoms with E-state index in [1.165, 1.54) is 17.5 Å². The average molecular weight is 291 g/mol. The lowest BCUT2D eigenvalue weighted by atomic mass is 10.2. The minimum atomic E-state index is -0.630. The summed E-state index contributed by atoms with van der Waals surface area (Å²) in [5.74, 6) is -1.21. The van der Waals surface area contributed by atoms with Crippen molar-refractivity contribution in [3.63, 3.8) is 0 Å². The number of nitrogens with zero attached hydrogens (tertiary/aromatic N) is 3. The van der Waals surface area contributed by atoms with E-state index in [0.717, 1.165) is 5.01 Å². The highest BCUT2D eigenvalue weighted by molar-refractivity contribution is 7.15. The minimum Gasteiger partial charge on any atom is -0.374 e. The first-order valence-electron chi connectivity index (χ1n) is 5.97. The van der Waals surface area contributed by atoms with Gasteiger partial charge >= 0.3 is 0 Å². The van der Waals surface area contributed by atoms with Crippen molar-refractivity contribution in [1.29, 1.82) is 0 Å². The Hall–Kier alpha value is -2.35. The molecule has 2 aromatic rings. The minimum absolute atomic E-state index is 0.280. The molecule has 104 valence electrons. The van der Waals surface area contributed by atoms with Crippen molar-refractivity contribution in [3.8, 4) is 0 Å². The summed E-state index contributed by atoms with van der Waals surface area (Å²) < 4.78 is 0. The van der Waals surface area contributed by atoms with Crippen LogP contribution in [-0.4, -0.2) is 33.4 Å². The second-order valence-corrected chi connectivity index (χ2v) is 5.06. The van der Waals surface area contributed by atoms with Gasteiger partial charge in [0.25, 0.3) is 11.7 Å². The number of hydrogen-bond acceptors (Lipinski definition) is 7. The third-order valence-electron chi connectivity index (χ3n) is 2.47. The van der Waals surface area contributed by atoms with Gasteiger partial charge in [0.15, 0.2) is 0 Å². The summed E-state index contributed by atoms with van der Waals surface area (Å²) in [7, 11) is 0. The number of amides is 1. The van der Waals surface area contributed by atoms with E-state index in [-0.39, 0.29) is 5.56 Å². The number of anilines is 1. The van der Waals surface area contributed by atoms with Crippen molar-refractivity contribution in [2.45, 2.75) is 12.8 Å². The van der Waals surface area contributed by atoms with Gasteiger partial charge in [-0.3, -0.25) is 14.6 Å². The SMILES string of the molecule is Nc1nnc(CCCNC(=O)C(=O)c2cccnc2)s1. The Labute approximate surface area is 119 Å². The van der Waals surface area contributed by atoms with Crippen LogP contribution >= 0.6 is 11.3 Å². The highest BCUT2D eigenvalue weighted by Crippen LogP contribution is 2.12. The predicted octanol–water partition coefficient (Wildman–Crippen LogP) is 0.447. The van der Waals surface area contributed by atoms with Crippen LogP contribution < -0.4 is 11.1 Å². The molecule has 0 atom stereocenters. The number of hydrogen-bond donors (Lipinski definition) is 2. The van der Waals surface area contributed by atoms with Gasteiger partial charge < -0.3 is 11.1 Å². The molecule has 8 heteroatoms. The molecule has 2 aromatic heterocycles. The summed E-state index contributed by atoms with van der Waals surface area (Å²) in [6.07, 6.45) is 4.24. The Morgan fingerprint density at radius 3 is 2.85 bits per heavy atom. The van der Waals surface area contributed by atoms with Crippen LogP contribution in [-0.2, 0) is 11.2 Å². The van der Waals surface area contributed by atoms with E-state index in [1.54, 1.807) is 18.3 Å². The molecule has 20 heavy (non-hydrogen) atoms. The number of nitrogens with one attached hydrogen (secondary N) is 1. The largest absolute Gasteiger partial charge is 0.374 e. The van der Waals surface area contributed by atoms with Gasteiger partial charge in [-0.05, 0) is 18.6 Å². The molecule has 0 aliphatic heterocycles. The summed E-state index contributed by atoms with van der Waals surface area (Å²) >= 11 is 1.32. The van der Waals surface area contributed by atoms with E-state index in [2.05, 4.69) is 20.5 Å². The fraction of sp³-hybridized carbons (Fsp3) is 0.250. The Kier molecular flexibility index (Phi) is 4.72. The molecule has 1 amide bonds. The van der Waals surface area contributed by atoms with Crippen molar-refractivity contribution >= 4 is 28.2 Å². The normalized spacial score (nSPS) is 10.2. The maximum absolute atomic E-state index is 11.7. The molecule has 0 fully saturated rings. The Morgan fingerprint density at radius 1 is 1.35 bits per heavy atom. The molecule has 0 saturated heterocycles. The van der Waals surface area contributed by atoms with Crippen LogP contribution in [0.2, 0.25) is 0 Å². The third-order valence-corrected chi connectivity index (χ3v) is 3.28. The van der Waals surface area contributed by atoms with E-state index in [0.29, 0.717) is 24.5 Å². The molecule has 0 aromatic carbocycles. The zero-order valence-electron chi connectivity index (χ0n) is 10.6. The molecule has 0 radical (unpaired) electrons. The lowest BCUT2D eigenvalue weighted by Crippen LogP contribution is -2.32. The molecule has 0 saturated carbocycles. The number of ketones is 1. The van der Waals surface area contributed by atoms with Gasteiger partial charge in [0.05, 0.1) is 0 Å². The van der Waals surface area contributed by atoms with Gasteiger partial charge in [0.2, 0.25) is 5.13 Å². The van der Waals surface area contributed by atoms with Crippen LogP contribution in [0, 0.1) is 0 Å². The van der Waals surface area contributed by atoms with Crippen molar-refractivity contribution in [3.05, 3.63) is 35.1 Å². The number of carbonyl (C=O) groups is 2. The van der Waals surface area contributed by atoms with E-state index >= 15 is 0 Å². The first kappa shape index (κ1) is 14.1. The van der Waals surface area contributed by atoms with E-state index in [1.807, 2.05) is 0 Å². The van der Waals surface area contributed by atoms with E-state index < -0.39 is 11.7 Å². The van der Waals surface area contributed by atoms with Gasteiger partial charge in [-0.2, -0.15) is 0 Å². The van der Waals surface area contributed by atoms with Gasteiger partial charge in [-0.25, -0.2) is 0 Å². The van der Waals surface area contributed by atoms with Crippen LogP contribution in [0.3, 0.4) is 0 Å². The number of carbonyl (C=O) groups excluding carboxylic acids is 2. The molecule has 0 bridgehead atoms. The van der Waals surface area contributed by atoms with Gasteiger partial charge in [0, 0.05) is 30.9 Å². The maximum atomic E-state index is 11.7. The van der Waals surface area contributed by atoms with Crippen molar-refractivity contribution in [1.82, 2.24) is 20.5 Å². The summed E-state index contributed by atoms with van der Waals surface area (Å²) in [5.41, 5.74) is 5.74. The zero-order chi connectivity index (χ0) is 14.4. The summed E-state index contributed by atoms with van der Waals surface area (Å²) in [5, 5.41) is 11.4. The number of nitrogen functional groups attached to an aromatic ring is 1. The Bertz CT molecular complexity index is 599. The lowest BCUT2D eigenvalue weighted by molar-refractivity contribution is -0.117. The molecule has 0 aliphatic rings. The molecular formula is C12H13N5O2S. The van der Waals surface area contributed by atoms with Crippen LogP contribution in [0.5, 0.6) is 0 Å². The molecule has 2 heterocycles. The van der Waals surface area contributed by atoms with Crippen molar-refractivity contribution < 1.29 is 9.59 Å². The van der Waals surface area contributed by atoms with E-state index in [4.69, 9.17) is 5.73 Å². The van der Waals surface area contributed by atoms with Crippen LogP contribution in [0.25, 0.3) is 0 Å². The smallest absolute Gasteiger partial charge is 0.292 e. The van der Waals surface area contributed by atoms with Crippen LogP contribution in [0.4, 0.5) is 5.13 Å². The maximum Gasteiger partial charge on any atom is 0.292 e. The first-order valence-corrected chi connectivity index (χ1v) is 6.79. The van der Waals surface area contributed by atoms with Crippen molar-refractivity contribution in [2.24, 2.45) is 0 Å². The summed E-state index contributed by atoms with van der Waals surface area (Å²) in [6, 6.07) is 3.17. The van der Waals surface area contributed by atoms with Crippen molar-refractivity contribution in [2.75, 3.05) is 12.3 Å². The molecule has 7 nitrogen and oxygen atoms in total. The summed E-state index contributed by atoms with van der Waals surface area (Å²) in [4.78, 5) is 27.1. The molecule has 0 unspecified atom stereocenters. The predicted molar refractivity (Wildman–Crippen MR) is 74.2 cm³/mol.